The first-order valence-electron chi connectivity index (χ1n) is 8.38. The molecule has 2 aliphatic rings. The summed E-state index contributed by atoms with van der Waals surface area (Å²) < 4.78 is 11.7. The summed E-state index contributed by atoms with van der Waals surface area (Å²) in [5.74, 6) is 1.96. The number of aromatic nitrogens is 1. The van der Waals surface area contributed by atoms with Gasteiger partial charge in [0, 0.05) is 19.2 Å². The average Bonchev–Trinajstić information content (AvgIpc) is 3.19. The van der Waals surface area contributed by atoms with Crippen LogP contribution in [-0.2, 0) is 11.3 Å². The molecule has 23 heavy (non-hydrogen) atoms. The largest absolute Gasteiger partial charge is 0.468 e. The molecule has 2 aromatic heterocycles. The molecule has 0 saturated carbocycles. The minimum Gasteiger partial charge on any atom is -0.468 e. The van der Waals surface area contributed by atoms with E-state index in [-0.39, 0.29) is 5.60 Å². The van der Waals surface area contributed by atoms with Gasteiger partial charge in [0.05, 0.1) is 31.1 Å². The highest BCUT2D eigenvalue weighted by Gasteiger charge is 2.43. The average molecular weight is 313 g/mol. The Balaban J connectivity index is 1.37. The molecular weight excluding hydrogens is 290 g/mol. The van der Waals surface area contributed by atoms with E-state index in [4.69, 9.17) is 9.15 Å². The van der Waals surface area contributed by atoms with Gasteiger partial charge in [-0.25, -0.2) is 4.98 Å². The maximum absolute atomic E-state index is 6.25. The fourth-order valence-corrected chi connectivity index (χ4v) is 3.83. The summed E-state index contributed by atoms with van der Waals surface area (Å²) in [4.78, 5) is 6.80. The molecule has 4 rings (SSSR count). The van der Waals surface area contributed by atoms with Crippen molar-refractivity contribution >= 4 is 5.82 Å². The molecule has 1 N–H and O–H groups in total. The van der Waals surface area contributed by atoms with E-state index < -0.39 is 0 Å². The van der Waals surface area contributed by atoms with Crippen LogP contribution >= 0.6 is 0 Å². The van der Waals surface area contributed by atoms with Gasteiger partial charge in [0.2, 0.25) is 0 Å². The summed E-state index contributed by atoms with van der Waals surface area (Å²) in [6, 6.07) is 10.3. The van der Waals surface area contributed by atoms with Crippen molar-refractivity contribution in [3.8, 4) is 0 Å². The molecule has 5 heteroatoms. The normalized spacial score (nSPS) is 28.3. The number of rotatable bonds is 4. The first-order valence-corrected chi connectivity index (χ1v) is 8.38. The van der Waals surface area contributed by atoms with E-state index in [1.807, 2.05) is 36.5 Å². The Bertz CT molecular complexity index is 616. The van der Waals surface area contributed by atoms with E-state index in [1.165, 1.54) is 6.42 Å². The monoisotopic (exact) mass is 313 g/mol. The van der Waals surface area contributed by atoms with E-state index in [0.29, 0.717) is 6.04 Å². The fraction of sp³-hybridized carbons (Fsp3) is 0.500. The lowest BCUT2D eigenvalue weighted by Crippen LogP contribution is -2.47. The van der Waals surface area contributed by atoms with Crippen molar-refractivity contribution in [3.05, 3.63) is 48.6 Å². The molecule has 0 amide bonds. The Morgan fingerprint density at radius 1 is 1.30 bits per heavy atom. The second kappa shape index (κ2) is 6.34. The molecule has 0 aromatic carbocycles. The van der Waals surface area contributed by atoms with E-state index in [2.05, 4.69) is 15.2 Å². The summed E-state index contributed by atoms with van der Waals surface area (Å²) >= 11 is 0. The Morgan fingerprint density at radius 3 is 3.13 bits per heavy atom. The van der Waals surface area contributed by atoms with E-state index in [0.717, 1.165) is 50.7 Å². The minimum atomic E-state index is -0.0166. The van der Waals surface area contributed by atoms with Crippen LogP contribution in [0.3, 0.4) is 0 Å². The van der Waals surface area contributed by atoms with Crippen molar-refractivity contribution in [2.24, 2.45) is 0 Å². The standard InChI is InChI=1S/C18H23N3O2/c1-2-8-19-17(6-1)20-15-11-18(23-13-15)7-4-9-21(14-18)12-16-5-3-10-22-16/h1-3,5-6,8,10,15H,4,7,9,11-14H2,(H,19,20). The Kier molecular flexibility index (Phi) is 4.06. The van der Waals surface area contributed by atoms with Crippen molar-refractivity contribution in [3.63, 3.8) is 0 Å². The summed E-state index contributed by atoms with van der Waals surface area (Å²) in [7, 11) is 0. The van der Waals surface area contributed by atoms with Gasteiger partial charge in [-0.3, -0.25) is 4.90 Å². The minimum absolute atomic E-state index is 0.0166. The second-order valence-electron chi connectivity index (χ2n) is 6.65. The molecular formula is C18H23N3O2. The van der Waals surface area contributed by atoms with Crippen LogP contribution in [-0.4, -0.2) is 41.2 Å². The van der Waals surface area contributed by atoms with Gasteiger partial charge >= 0.3 is 0 Å². The number of furan rings is 1. The second-order valence-corrected chi connectivity index (χ2v) is 6.65. The number of pyridine rings is 1. The van der Waals surface area contributed by atoms with Crippen molar-refractivity contribution < 1.29 is 9.15 Å². The Hall–Kier alpha value is -1.85. The van der Waals surface area contributed by atoms with Gasteiger partial charge in [0.25, 0.3) is 0 Å². The van der Waals surface area contributed by atoms with E-state index in [9.17, 15) is 0 Å². The fourth-order valence-electron chi connectivity index (χ4n) is 3.83. The predicted octanol–water partition coefficient (Wildman–Crippen LogP) is 2.91. The van der Waals surface area contributed by atoms with Gasteiger partial charge in [0.15, 0.2) is 0 Å². The van der Waals surface area contributed by atoms with Crippen molar-refractivity contribution in [2.45, 2.75) is 37.5 Å². The smallest absolute Gasteiger partial charge is 0.126 e. The van der Waals surface area contributed by atoms with Gasteiger partial charge in [-0.15, -0.1) is 0 Å². The van der Waals surface area contributed by atoms with Gasteiger partial charge in [-0.2, -0.15) is 0 Å². The molecule has 4 heterocycles. The first-order chi connectivity index (χ1) is 11.3. The van der Waals surface area contributed by atoms with Gasteiger partial charge in [-0.1, -0.05) is 6.07 Å². The van der Waals surface area contributed by atoms with Crippen molar-refractivity contribution in [1.82, 2.24) is 9.88 Å². The van der Waals surface area contributed by atoms with Crippen molar-refractivity contribution in [2.75, 3.05) is 25.0 Å². The number of likely N-dealkylation sites (tertiary alicyclic amines) is 1. The van der Waals surface area contributed by atoms with E-state index >= 15 is 0 Å². The van der Waals surface area contributed by atoms with Crippen LogP contribution in [0.5, 0.6) is 0 Å². The van der Waals surface area contributed by atoms with Gasteiger partial charge in [-0.05, 0) is 43.7 Å². The highest BCUT2D eigenvalue weighted by atomic mass is 16.5. The number of nitrogens with zero attached hydrogens (tertiary/aromatic N) is 2. The number of ether oxygens (including phenoxy) is 1. The third-order valence-corrected chi connectivity index (χ3v) is 4.80. The Labute approximate surface area is 136 Å². The third kappa shape index (κ3) is 3.41. The van der Waals surface area contributed by atoms with Crippen LogP contribution in [0.1, 0.15) is 25.0 Å². The van der Waals surface area contributed by atoms with Crippen LogP contribution < -0.4 is 5.32 Å². The number of anilines is 1. The molecule has 0 radical (unpaired) electrons. The molecule has 2 aliphatic heterocycles. The van der Waals surface area contributed by atoms with Crippen molar-refractivity contribution in [1.29, 1.82) is 0 Å². The Morgan fingerprint density at radius 2 is 2.30 bits per heavy atom. The lowest BCUT2D eigenvalue weighted by Gasteiger charge is -2.39. The number of hydrogen-bond donors (Lipinski definition) is 1. The van der Waals surface area contributed by atoms with Crippen LogP contribution in [0.15, 0.2) is 47.2 Å². The molecule has 2 saturated heterocycles. The molecule has 2 unspecified atom stereocenters. The third-order valence-electron chi connectivity index (χ3n) is 4.80. The lowest BCUT2D eigenvalue weighted by molar-refractivity contribution is -0.0544. The summed E-state index contributed by atoms with van der Waals surface area (Å²) in [6.45, 7) is 3.72. The maximum atomic E-state index is 6.25. The van der Waals surface area contributed by atoms with Crippen LogP contribution in [0.4, 0.5) is 5.82 Å². The summed E-state index contributed by atoms with van der Waals surface area (Å²) in [5.41, 5.74) is -0.0166. The van der Waals surface area contributed by atoms with E-state index in [1.54, 1.807) is 6.26 Å². The molecule has 0 aliphatic carbocycles. The zero-order valence-electron chi connectivity index (χ0n) is 13.3. The topological polar surface area (TPSA) is 50.5 Å². The highest BCUT2D eigenvalue weighted by Crippen LogP contribution is 2.36. The maximum Gasteiger partial charge on any atom is 0.126 e. The molecule has 122 valence electrons. The quantitative estimate of drug-likeness (QED) is 0.940. The lowest BCUT2D eigenvalue weighted by atomic mass is 9.88. The molecule has 2 fully saturated rings. The zero-order chi connectivity index (χ0) is 15.5. The molecule has 2 aromatic rings. The van der Waals surface area contributed by atoms with Crippen LogP contribution in [0.2, 0.25) is 0 Å². The predicted molar refractivity (Wildman–Crippen MR) is 88.2 cm³/mol. The highest BCUT2D eigenvalue weighted by molar-refractivity contribution is 5.35. The zero-order valence-corrected chi connectivity index (χ0v) is 13.3. The molecule has 5 nitrogen and oxygen atoms in total. The summed E-state index contributed by atoms with van der Waals surface area (Å²) in [6.07, 6.45) is 6.92. The molecule has 0 bridgehead atoms. The number of hydrogen-bond acceptors (Lipinski definition) is 5. The first kappa shape index (κ1) is 14.7. The molecule has 2 atom stereocenters. The summed E-state index contributed by atoms with van der Waals surface area (Å²) in [5, 5.41) is 3.50. The van der Waals surface area contributed by atoms with Crippen LogP contribution in [0, 0.1) is 0 Å². The van der Waals surface area contributed by atoms with Gasteiger partial charge in [0.1, 0.15) is 11.6 Å². The SMILES string of the molecule is c1ccc(NC2COC3(CCCN(Cc4ccco4)C3)C2)nc1. The van der Waals surface area contributed by atoms with Gasteiger partial charge < -0.3 is 14.5 Å². The van der Waals surface area contributed by atoms with Crippen LogP contribution in [0.25, 0.3) is 0 Å². The number of nitrogens with one attached hydrogen (secondary N) is 1. The molecule has 1 spiro atoms. The number of piperidine rings is 1.